The Morgan fingerprint density at radius 2 is 1.97 bits per heavy atom. The standard InChI is InChI=1S/C22H23N5O4/c1-30-19-18(29)16(10-28)31-22(19)27-12-26-17-20(24-11-25-21(17)27)23-9-14-7-4-6-13-5-2-3-8-15(13)14/h2-8,11-12,16,18-19,22,28-29H,9-10H2,1H3,(H,23,24,25)/t16-,18?,19?,22-/m1/s1. The van der Waals surface area contributed by atoms with E-state index in [1.807, 2.05) is 18.2 Å². The SMILES string of the molecule is COC1C(O)[C@@H](CO)O[C@H]1n1cnc2c(NCc3cccc4ccccc34)ncnc21. The van der Waals surface area contributed by atoms with Crippen LogP contribution in [-0.2, 0) is 16.0 Å². The van der Waals surface area contributed by atoms with Crippen molar-refractivity contribution >= 4 is 27.8 Å². The van der Waals surface area contributed by atoms with Crippen LogP contribution in [0, 0.1) is 0 Å². The first kappa shape index (κ1) is 19.8. The molecule has 160 valence electrons. The number of aliphatic hydroxyl groups excluding tert-OH is 2. The maximum Gasteiger partial charge on any atom is 0.167 e. The van der Waals surface area contributed by atoms with Crippen molar-refractivity contribution in [3.63, 3.8) is 0 Å². The summed E-state index contributed by atoms with van der Waals surface area (Å²) in [5, 5.41) is 25.6. The number of hydrogen-bond donors (Lipinski definition) is 3. The van der Waals surface area contributed by atoms with Crippen molar-refractivity contribution < 1.29 is 19.7 Å². The molecule has 9 nitrogen and oxygen atoms in total. The van der Waals surface area contributed by atoms with Crippen molar-refractivity contribution in [1.29, 1.82) is 0 Å². The lowest BCUT2D eigenvalue weighted by molar-refractivity contribution is -0.0583. The highest BCUT2D eigenvalue weighted by atomic mass is 16.6. The van der Waals surface area contributed by atoms with E-state index in [0.29, 0.717) is 23.5 Å². The zero-order valence-electron chi connectivity index (χ0n) is 16.9. The highest BCUT2D eigenvalue weighted by molar-refractivity contribution is 5.86. The van der Waals surface area contributed by atoms with Crippen molar-refractivity contribution in [2.45, 2.75) is 31.1 Å². The number of fused-ring (bicyclic) bond motifs is 2. The summed E-state index contributed by atoms with van der Waals surface area (Å²) in [6.07, 6.45) is 0.0369. The predicted molar refractivity (Wildman–Crippen MR) is 114 cm³/mol. The molecular formula is C22H23N5O4. The van der Waals surface area contributed by atoms with Crippen LogP contribution in [0.3, 0.4) is 0 Å². The fraction of sp³-hybridized carbons (Fsp3) is 0.318. The molecule has 0 aliphatic carbocycles. The van der Waals surface area contributed by atoms with E-state index in [4.69, 9.17) is 9.47 Å². The average Bonchev–Trinajstić information content (AvgIpc) is 3.38. The van der Waals surface area contributed by atoms with E-state index in [1.54, 1.807) is 10.9 Å². The number of aromatic nitrogens is 4. The Labute approximate surface area is 178 Å². The summed E-state index contributed by atoms with van der Waals surface area (Å²) in [7, 11) is 1.50. The van der Waals surface area contributed by atoms with Crippen molar-refractivity contribution in [3.05, 3.63) is 60.7 Å². The second-order valence-corrected chi connectivity index (χ2v) is 7.48. The van der Waals surface area contributed by atoms with Gasteiger partial charge in [0.25, 0.3) is 0 Å². The summed E-state index contributed by atoms with van der Waals surface area (Å²) >= 11 is 0. The van der Waals surface area contributed by atoms with Gasteiger partial charge in [0.15, 0.2) is 23.2 Å². The number of anilines is 1. The van der Waals surface area contributed by atoms with Crippen molar-refractivity contribution in [2.75, 3.05) is 19.0 Å². The molecule has 1 aliphatic rings. The quantitative estimate of drug-likeness (QED) is 0.432. The van der Waals surface area contributed by atoms with Gasteiger partial charge in [0.2, 0.25) is 0 Å². The van der Waals surface area contributed by atoms with Gasteiger partial charge in [0.05, 0.1) is 12.9 Å². The number of aliphatic hydroxyl groups is 2. The Morgan fingerprint density at radius 3 is 2.81 bits per heavy atom. The Kier molecular flexibility index (Phi) is 5.24. The molecular weight excluding hydrogens is 398 g/mol. The van der Waals surface area contributed by atoms with E-state index in [-0.39, 0.29) is 6.61 Å². The Bertz CT molecular complexity index is 1210. The van der Waals surface area contributed by atoms with Crippen molar-refractivity contribution in [2.24, 2.45) is 0 Å². The summed E-state index contributed by atoms with van der Waals surface area (Å²) in [5.41, 5.74) is 2.29. The molecule has 1 fully saturated rings. The van der Waals surface area contributed by atoms with Crippen LogP contribution in [0.1, 0.15) is 11.8 Å². The maximum absolute atomic E-state index is 10.4. The molecule has 0 saturated carbocycles. The van der Waals surface area contributed by atoms with Crippen LogP contribution in [-0.4, -0.2) is 61.8 Å². The van der Waals surface area contributed by atoms with Crippen molar-refractivity contribution in [1.82, 2.24) is 19.5 Å². The van der Waals surface area contributed by atoms with Gasteiger partial charge in [-0.1, -0.05) is 42.5 Å². The largest absolute Gasteiger partial charge is 0.394 e. The first-order valence-electron chi connectivity index (χ1n) is 10.1. The Hall–Kier alpha value is -3.11. The van der Waals surface area contributed by atoms with Crippen LogP contribution in [0.2, 0.25) is 0 Å². The highest BCUT2D eigenvalue weighted by Gasteiger charge is 2.45. The molecule has 9 heteroatoms. The molecule has 5 rings (SSSR count). The van der Waals surface area contributed by atoms with Crippen LogP contribution in [0.5, 0.6) is 0 Å². The smallest absolute Gasteiger partial charge is 0.167 e. The predicted octanol–water partition coefficient (Wildman–Crippen LogP) is 1.86. The first-order valence-corrected chi connectivity index (χ1v) is 10.1. The third-order valence-corrected chi connectivity index (χ3v) is 5.72. The van der Waals surface area contributed by atoms with Gasteiger partial charge in [-0.05, 0) is 16.3 Å². The summed E-state index contributed by atoms with van der Waals surface area (Å²) in [5.74, 6) is 0.600. The molecule has 0 amide bonds. The second kappa shape index (κ2) is 8.20. The van der Waals surface area contributed by atoms with Gasteiger partial charge in [-0.2, -0.15) is 0 Å². The van der Waals surface area contributed by atoms with Gasteiger partial charge in [0.1, 0.15) is 24.6 Å². The number of imidazole rings is 1. The van der Waals surface area contributed by atoms with E-state index in [2.05, 4.69) is 44.5 Å². The molecule has 4 aromatic rings. The first-order chi connectivity index (χ1) is 15.2. The molecule has 0 bridgehead atoms. The number of ether oxygens (including phenoxy) is 2. The van der Waals surface area contributed by atoms with Crippen LogP contribution < -0.4 is 5.32 Å². The molecule has 2 aromatic carbocycles. The minimum atomic E-state index is -0.955. The maximum atomic E-state index is 10.4. The van der Waals surface area contributed by atoms with Gasteiger partial charge >= 0.3 is 0 Å². The lowest BCUT2D eigenvalue weighted by Gasteiger charge is -2.20. The van der Waals surface area contributed by atoms with Gasteiger partial charge < -0.3 is 25.0 Å². The normalized spacial score (nSPS) is 23.6. The van der Waals surface area contributed by atoms with Crippen LogP contribution >= 0.6 is 0 Å². The lowest BCUT2D eigenvalue weighted by atomic mass is 10.0. The molecule has 1 saturated heterocycles. The van der Waals surface area contributed by atoms with Crippen LogP contribution in [0.25, 0.3) is 21.9 Å². The number of benzene rings is 2. The van der Waals surface area contributed by atoms with Gasteiger partial charge in [0, 0.05) is 13.7 Å². The summed E-state index contributed by atoms with van der Waals surface area (Å²) < 4.78 is 12.9. The molecule has 4 atom stereocenters. The number of nitrogens with one attached hydrogen (secondary N) is 1. The summed E-state index contributed by atoms with van der Waals surface area (Å²) in [6.45, 7) is 0.267. The minimum absolute atomic E-state index is 0.309. The minimum Gasteiger partial charge on any atom is -0.394 e. The van der Waals surface area contributed by atoms with Gasteiger partial charge in [-0.15, -0.1) is 0 Å². The van der Waals surface area contributed by atoms with E-state index >= 15 is 0 Å². The molecule has 0 spiro atoms. The zero-order chi connectivity index (χ0) is 21.4. The third kappa shape index (κ3) is 3.41. The van der Waals surface area contributed by atoms with E-state index in [9.17, 15) is 10.2 Å². The highest BCUT2D eigenvalue weighted by Crippen LogP contribution is 2.33. The van der Waals surface area contributed by atoms with Gasteiger partial charge in [-0.3, -0.25) is 4.57 Å². The fourth-order valence-corrected chi connectivity index (χ4v) is 4.14. The number of rotatable bonds is 6. The molecule has 1 aliphatic heterocycles. The molecule has 2 aromatic heterocycles. The third-order valence-electron chi connectivity index (χ3n) is 5.72. The number of hydrogen-bond acceptors (Lipinski definition) is 8. The Balaban J connectivity index is 1.45. The monoisotopic (exact) mass is 421 g/mol. The average molecular weight is 421 g/mol. The molecule has 3 N–H and O–H groups in total. The fourth-order valence-electron chi connectivity index (χ4n) is 4.14. The summed E-state index contributed by atoms with van der Waals surface area (Å²) in [4.78, 5) is 13.2. The lowest BCUT2D eigenvalue weighted by Crippen LogP contribution is -2.34. The molecule has 0 radical (unpaired) electrons. The molecule has 3 heterocycles. The van der Waals surface area contributed by atoms with Gasteiger partial charge in [-0.25, -0.2) is 15.0 Å². The zero-order valence-corrected chi connectivity index (χ0v) is 16.9. The van der Waals surface area contributed by atoms with Crippen molar-refractivity contribution in [3.8, 4) is 0 Å². The van der Waals surface area contributed by atoms with Crippen LogP contribution in [0.15, 0.2) is 55.1 Å². The Morgan fingerprint density at radius 1 is 1.13 bits per heavy atom. The topological polar surface area (TPSA) is 115 Å². The van der Waals surface area contributed by atoms with Crippen LogP contribution in [0.4, 0.5) is 5.82 Å². The molecule has 31 heavy (non-hydrogen) atoms. The van der Waals surface area contributed by atoms with E-state index in [0.717, 1.165) is 5.56 Å². The number of nitrogens with zero attached hydrogens (tertiary/aromatic N) is 4. The summed E-state index contributed by atoms with van der Waals surface area (Å²) in [6, 6.07) is 14.4. The number of methoxy groups -OCH3 is 1. The van der Waals surface area contributed by atoms with E-state index in [1.165, 1.54) is 24.2 Å². The second-order valence-electron chi connectivity index (χ2n) is 7.48. The molecule has 2 unspecified atom stereocenters. The van der Waals surface area contributed by atoms with E-state index < -0.39 is 24.5 Å².